The van der Waals surface area contributed by atoms with Gasteiger partial charge >= 0.3 is 6.18 Å². The Labute approximate surface area is 201 Å². The lowest BCUT2D eigenvalue weighted by Gasteiger charge is -2.13. The Morgan fingerprint density at radius 1 is 0.972 bits per heavy atom. The van der Waals surface area contributed by atoms with Gasteiger partial charge in [0, 0.05) is 23.0 Å². The molecular weight excluding hydrogens is 473 g/mol. The molecule has 10 heteroatoms. The summed E-state index contributed by atoms with van der Waals surface area (Å²) in [5.74, 6) is -0.381. The van der Waals surface area contributed by atoms with Gasteiger partial charge in [-0.2, -0.15) is 18.3 Å². The number of para-hydroxylation sites is 2. The smallest absolute Gasteiger partial charge is 0.416 e. The van der Waals surface area contributed by atoms with Crippen molar-refractivity contribution in [3.05, 3.63) is 106 Å². The molecular formula is C26H17F3N4O3. The Morgan fingerprint density at radius 2 is 1.72 bits per heavy atom. The molecule has 0 saturated carbocycles. The van der Waals surface area contributed by atoms with Crippen LogP contribution in [0, 0.1) is 6.92 Å². The zero-order valence-electron chi connectivity index (χ0n) is 18.7. The lowest BCUT2D eigenvalue weighted by atomic mass is 10.2. The van der Waals surface area contributed by atoms with E-state index in [1.165, 1.54) is 19.1 Å². The van der Waals surface area contributed by atoms with Gasteiger partial charge < -0.3 is 9.73 Å². The summed E-state index contributed by atoms with van der Waals surface area (Å²) in [5.41, 5.74) is 0.788. The van der Waals surface area contributed by atoms with Crippen molar-refractivity contribution in [3.63, 3.8) is 0 Å². The van der Waals surface area contributed by atoms with Gasteiger partial charge in [-0.1, -0.05) is 18.2 Å². The van der Waals surface area contributed by atoms with E-state index in [0.717, 1.165) is 22.9 Å². The predicted octanol–water partition coefficient (Wildman–Crippen LogP) is 5.62. The van der Waals surface area contributed by atoms with Gasteiger partial charge in [-0.25, -0.2) is 9.67 Å². The van der Waals surface area contributed by atoms with Gasteiger partial charge in [0.25, 0.3) is 5.91 Å². The van der Waals surface area contributed by atoms with Crippen LogP contribution in [0.25, 0.3) is 28.2 Å². The van der Waals surface area contributed by atoms with E-state index in [-0.39, 0.29) is 11.4 Å². The monoisotopic (exact) mass is 490 g/mol. The second-order valence-electron chi connectivity index (χ2n) is 7.98. The minimum Gasteiger partial charge on any atom is -0.436 e. The fourth-order valence-electron chi connectivity index (χ4n) is 3.66. The van der Waals surface area contributed by atoms with Crippen LogP contribution >= 0.6 is 0 Å². The van der Waals surface area contributed by atoms with Crippen molar-refractivity contribution in [2.24, 2.45) is 0 Å². The number of rotatable bonds is 4. The summed E-state index contributed by atoms with van der Waals surface area (Å²) < 4.78 is 46.3. The second kappa shape index (κ2) is 8.81. The number of nitrogens with zero attached hydrogens (tertiary/aromatic N) is 3. The summed E-state index contributed by atoms with van der Waals surface area (Å²) in [6.07, 6.45) is -4.55. The lowest BCUT2D eigenvalue weighted by molar-refractivity contribution is -0.137. The van der Waals surface area contributed by atoms with E-state index in [1.807, 2.05) is 18.2 Å². The molecule has 5 aromatic rings. The van der Waals surface area contributed by atoms with Crippen LogP contribution in [0.5, 0.6) is 0 Å². The number of aromatic nitrogens is 3. The molecule has 0 aliphatic carbocycles. The van der Waals surface area contributed by atoms with Gasteiger partial charge in [0.1, 0.15) is 5.52 Å². The number of nitrogens with one attached hydrogen (secondary N) is 1. The first-order chi connectivity index (χ1) is 17.2. The van der Waals surface area contributed by atoms with Gasteiger partial charge in [0.15, 0.2) is 11.3 Å². The molecule has 0 radical (unpaired) electrons. The quantitative estimate of drug-likeness (QED) is 0.353. The van der Waals surface area contributed by atoms with E-state index in [4.69, 9.17) is 4.42 Å². The van der Waals surface area contributed by atoms with Crippen molar-refractivity contribution in [3.8, 4) is 17.1 Å². The first-order valence-electron chi connectivity index (χ1n) is 10.7. The SMILES string of the molecule is Cc1cc(=O)c(C(=O)Nc2ccc(-c3nc4ccccc4o3)cc2)nn1-c1cccc(C(F)(F)F)c1. The Balaban J connectivity index is 1.40. The standard InChI is InChI=1S/C26H17F3N4O3/c1-15-13-21(34)23(32-33(15)19-6-4-5-17(14-19)26(27,28)29)24(35)30-18-11-9-16(10-12-18)25-31-20-7-2-3-8-22(20)36-25/h2-14H,1H3,(H,30,35). The fraction of sp³-hybridized carbons (Fsp3) is 0.0769. The Kier molecular flexibility index (Phi) is 5.63. The zero-order chi connectivity index (χ0) is 25.4. The number of hydrogen-bond donors (Lipinski definition) is 1. The van der Waals surface area contributed by atoms with E-state index < -0.39 is 28.8 Å². The van der Waals surface area contributed by atoms with E-state index in [0.29, 0.717) is 28.2 Å². The van der Waals surface area contributed by atoms with Crippen LogP contribution in [0.15, 0.2) is 88.1 Å². The molecule has 1 amide bonds. The maximum Gasteiger partial charge on any atom is 0.416 e. The van der Waals surface area contributed by atoms with Crippen LogP contribution in [0.3, 0.4) is 0 Å². The number of carbonyl (C=O) groups is 1. The van der Waals surface area contributed by atoms with Gasteiger partial charge in [-0.3, -0.25) is 9.59 Å². The number of hydrogen-bond acceptors (Lipinski definition) is 5. The molecule has 2 aromatic heterocycles. The molecule has 5 rings (SSSR count). The Bertz CT molecular complexity index is 1620. The normalized spacial score (nSPS) is 11.6. The van der Waals surface area contributed by atoms with Crippen molar-refractivity contribution in [2.75, 3.05) is 5.32 Å². The third-order valence-corrected chi connectivity index (χ3v) is 5.42. The molecule has 0 spiro atoms. The summed E-state index contributed by atoms with van der Waals surface area (Å²) in [5, 5.41) is 6.64. The molecule has 0 aliphatic heterocycles. The van der Waals surface area contributed by atoms with Crippen molar-refractivity contribution in [2.45, 2.75) is 13.1 Å². The molecule has 0 saturated heterocycles. The molecule has 0 fully saturated rings. The van der Waals surface area contributed by atoms with E-state index in [9.17, 15) is 22.8 Å². The molecule has 0 atom stereocenters. The molecule has 0 bridgehead atoms. The van der Waals surface area contributed by atoms with Gasteiger partial charge in [0.2, 0.25) is 11.3 Å². The third kappa shape index (κ3) is 4.48. The number of aryl methyl sites for hydroxylation is 1. The van der Waals surface area contributed by atoms with E-state index in [2.05, 4.69) is 15.4 Å². The highest BCUT2D eigenvalue weighted by molar-refractivity contribution is 6.02. The van der Waals surface area contributed by atoms with Gasteiger partial charge in [-0.05, 0) is 61.5 Å². The maximum atomic E-state index is 13.1. The molecule has 1 N–H and O–H groups in total. The number of halogens is 3. The first kappa shape index (κ1) is 23.0. The fourth-order valence-corrected chi connectivity index (χ4v) is 3.66. The number of oxazole rings is 1. The largest absolute Gasteiger partial charge is 0.436 e. The second-order valence-corrected chi connectivity index (χ2v) is 7.98. The Morgan fingerprint density at radius 3 is 2.44 bits per heavy atom. The highest BCUT2D eigenvalue weighted by Crippen LogP contribution is 2.30. The number of alkyl halides is 3. The average molecular weight is 490 g/mol. The minimum atomic E-state index is -4.55. The highest BCUT2D eigenvalue weighted by Gasteiger charge is 2.30. The van der Waals surface area contributed by atoms with Crippen LogP contribution in [-0.2, 0) is 6.18 Å². The molecule has 36 heavy (non-hydrogen) atoms. The average Bonchev–Trinajstić information content (AvgIpc) is 3.28. The van der Waals surface area contributed by atoms with Crippen molar-refractivity contribution in [1.29, 1.82) is 0 Å². The van der Waals surface area contributed by atoms with Crippen LogP contribution in [0.4, 0.5) is 18.9 Å². The van der Waals surface area contributed by atoms with Gasteiger partial charge in [0.05, 0.1) is 11.3 Å². The third-order valence-electron chi connectivity index (χ3n) is 5.42. The molecule has 3 aromatic carbocycles. The molecule has 2 heterocycles. The molecule has 0 aliphatic rings. The van der Waals surface area contributed by atoms with Crippen LogP contribution < -0.4 is 10.7 Å². The summed E-state index contributed by atoms with van der Waals surface area (Å²) in [6.45, 7) is 1.52. The zero-order valence-corrected chi connectivity index (χ0v) is 18.7. The van der Waals surface area contributed by atoms with Crippen LogP contribution in [-0.4, -0.2) is 20.7 Å². The minimum absolute atomic E-state index is 0.0686. The number of fused-ring (bicyclic) bond motifs is 1. The van der Waals surface area contributed by atoms with Crippen molar-refractivity contribution in [1.82, 2.24) is 14.8 Å². The summed E-state index contributed by atoms with van der Waals surface area (Å²) >= 11 is 0. The number of carbonyl (C=O) groups excluding carboxylic acids is 1. The molecule has 7 nitrogen and oxygen atoms in total. The maximum absolute atomic E-state index is 13.1. The van der Waals surface area contributed by atoms with E-state index in [1.54, 1.807) is 30.3 Å². The predicted molar refractivity (Wildman–Crippen MR) is 127 cm³/mol. The van der Waals surface area contributed by atoms with Crippen molar-refractivity contribution >= 4 is 22.7 Å². The molecule has 180 valence electrons. The topological polar surface area (TPSA) is 90.0 Å². The summed E-state index contributed by atoms with van der Waals surface area (Å²) in [7, 11) is 0. The number of amides is 1. The summed E-state index contributed by atoms with van der Waals surface area (Å²) in [6, 6.07) is 19.6. The highest BCUT2D eigenvalue weighted by atomic mass is 19.4. The van der Waals surface area contributed by atoms with Gasteiger partial charge in [-0.15, -0.1) is 0 Å². The van der Waals surface area contributed by atoms with Crippen LogP contribution in [0.1, 0.15) is 21.7 Å². The van der Waals surface area contributed by atoms with Crippen LogP contribution in [0.2, 0.25) is 0 Å². The summed E-state index contributed by atoms with van der Waals surface area (Å²) in [4.78, 5) is 29.7. The Hall–Kier alpha value is -4.73. The van der Waals surface area contributed by atoms with E-state index >= 15 is 0 Å². The number of anilines is 1. The first-order valence-corrected chi connectivity index (χ1v) is 10.7. The van der Waals surface area contributed by atoms with Crippen molar-refractivity contribution < 1.29 is 22.4 Å². The number of benzene rings is 3. The lowest BCUT2D eigenvalue weighted by Crippen LogP contribution is -2.27. The molecule has 0 unspecified atom stereocenters.